The number of nitrogen functional groups attached to an aromatic ring is 1. The zero-order chi connectivity index (χ0) is 11.5. The summed E-state index contributed by atoms with van der Waals surface area (Å²) in [7, 11) is 1.87. The van der Waals surface area contributed by atoms with Gasteiger partial charge in [0, 0.05) is 19.2 Å². The number of nitriles is 1. The maximum absolute atomic E-state index is 8.90. The molecule has 2 rings (SSSR count). The van der Waals surface area contributed by atoms with E-state index in [0.717, 1.165) is 12.1 Å². The fraction of sp³-hybridized carbons (Fsp3) is 0.154. The van der Waals surface area contributed by atoms with Gasteiger partial charge >= 0.3 is 0 Å². The van der Waals surface area contributed by atoms with Gasteiger partial charge in [0.15, 0.2) is 0 Å². The molecule has 3 nitrogen and oxygen atoms in total. The van der Waals surface area contributed by atoms with Gasteiger partial charge in [-0.1, -0.05) is 30.3 Å². The van der Waals surface area contributed by atoms with Crippen LogP contribution in [-0.2, 0) is 13.5 Å². The molecule has 0 unspecified atom stereocenters. The topological polar surface area (TPSA) is 54.7 Å². The average molecular weight is 211 g/mol. The molecule has 0 aliphatic heterocycles. The van der Waals surface area contributed by atoms with E-state index in [1.807, 2.05) is 29.8 Å². The molecule has 0 bridgehead atoms. The van der Waals surface area contributed by atoms with Gasteiger partial charge < -0.3 is 10.3 Å². The molecule has 0 aliphatic carbocycles. The van der Waals surface area contributed by atoms with Gasteiger partial charge in [-0.15, -0.1) is 0 Å². The van der Waals surface area contributed by atoms with Gasteiger partial charge in [0.05, 0.1) is 5.69 Å². The minimum absolute atomic E-state index is 0.600. The molecule has 2 aromatic rings. The first-order valence-corrected chi connectivity index (χ1v) is 5.10. The number of nitrogens with zero attached hydrogens (tertiary/aromatic N) is 2. The Balaban J connectivity index is 2.36. The van der Waals surface area contributed by atoms with E-state index in [1.165, 1.54) is 5.56 Å². The minimum Gasteiger partial charge on any atom is -0.397 e. The number of rotatable bonds is 2. The Bertz CT molecular complexity index is 532. The van der Waals surface area contributed by atoms with E-state index in [4.69, 9.17) is 11.0 Å². The molecule has 1 aromatic carbocycles. The fourth-order valence-electron chi connectivity index (χ4n) is 1.78. The molecule has 0 amide bonds. The van der Waals surface area contributed by atoms with Crippen LogP contribution in [0.5, 0.6) is 0 Å². The number of aromatic nitrogens is 1. The lowest BCUT2D eigenvalue weighted by atomic mass is 10.1. The van der Waals surface area contributed by atoms with Crippen molar-refractivity contribution >= 4 is 5.69 Å². The first-order chi connectivity index (χ1) is 7.72. The quantitative estimate of drug-likeness (QED) is 0.826. The molecule has 0 saturated heterocycles. The van der Waals surface area contributed by atoms with Crippen LogP contribution in [0.15, 0.2) is 36.4 Å². The molecular formula is C13H13N3. The van der Waals surface area contributed by atoms with Crippen molar-refractivity contribution in [2.75, 3.05) is 5.73 Å². The van der Waals surface area contributed by atoms with E-state index in [9.17, 15) is 0 Å². The van der Waals surface area contributed by atoms with Gasteiger partial charge in [0.1, 0.15) is 11.8 Å². The summed E-state index contributed by atoms with van der Waals surface area (Å²) in [5, 5.41) is 8.90. The van der Waals surface area contributed by atoms with Crippen LogP contribution in [0.1, 0.15) is 17.0 Å². The summed E-state index contributed by atoms with van der Waals surface area (Å²) in [6, 6.07) is 13.9. The van der Waals surface area contributed by atoms with Crippen molar-refractivity contribution in [1.82, 2.24) is 4.57 Å². The van der Waals surface area contributed by atoms with Gasteiger partial charge in [0.2, 0.25) is 0 Å². The third-order valence-corrected chi connectivity index (χ3v) is 2.72. The van der Waals surface area contributed by atoms with E-state index in [1.54, 1.807) is 6.07 Å². The Morgan fingerprint density at radius 2 is 2.00 bits per heavy atom. The molecular weight excluding hydrogens is 198 g/mol. The van der Waals surface area contributed by atoms with E-state index in [0.29, 0.717) is 11.4 Å². The lowest BCUT2D eigenvalue weighted by molar-refractivity contribution is 0.839. The van der Waals surface area contributed by atoms with Crippen LogP contribution >= 0.6 is 0 Å². The molecule has 1 heterocycles. The van der Waals surface area contributed by atoms with Gasteiger partial charge in [-0.25, -0.2) is 0 Å². The van der Waals surface area contributed by atoms with Crippen LogP contribution in [0.25, 0.3) is 0 Å². The van der Waals surface area contributed by atoms with Gasteiger partial charge in [-0.3, -0.25) is 0 Å². The highest BCUT2D eigenvalue weighted by molar-refractivity contribution is 5.52. The summed E-state index contributed by atoms with van der Waals surface area (Å²) in [4.78, 5) is 0. The smallest absolute Gasteiger partial charge is 0.122 e. The zero-order valence-corrected chi connectivity index (χ0v) is 9.14. The second kappa shape index (κ2) is 4.11. The molecule has 0 fully saturated rings. The maximum Gasteiger partial charge on any atom is 0.122 e. The molecule has 0 atom stereocenters. The number of hydrogen-bond donors (Lipinski definition) is 1. The average Bonchev–Trinajstić information content (AvgIpc) is 2.58. The first kappa shape index (κ1) is 10.3. The number of nitrogens with two attached hydrogens (primary N) is 1. The fourth-order valence-corrected chi connectivity index (χ4v) is 1.78. The Morgan fingerprint density at radius 3 is 2.56 bits per heavy atom. The van der Waals surface area contributed by atoms with Gasteiger partial charge in [0.25, 0.3) is 0 Å². The monoisotopic (exact) mass is 211 g/mol. The molecule has 0 saturated carbocycles. The first-order valence-electron chi connectivity index (χ1n) is 5.10. The number of anilines is 1. The zero-order valence-electron chi connectivity index (χ0n) is 9.14. The maximum atomic E-state index is 8.90. The lowest BCUT2D eigenvalue weighted by Gasteiger charge is -2.05. The summed E-state index contributed by atoms with van der Waals surface area (Å²) in [5.41, 5.74) is 9.36. The van der Waals surface area contributed by atoms with Crippen molar-refractivity contribution in [3.8, 4) is 6.07 Å². The van der Waals surface area contributed by atoms with Crippen LogP contribution < -0.4 is 5.73 Å². The van der Waals surface area contributed by atoms with Crippen LogP contribution in [0.4, 0.5) is 5.69 Å². The van der Waals surface area contributed by atoms with Crippen molar-refractivity contribution in [1.29, 1.82) is 5.26 Å². The van der Waals surface area contributed by atoms with Gasteiger partial charge in [-0.2, -0.15) is 5.26 Å². The summed E-state index contributed by atoms with van der Waals surface area (Å²) in [6.45, 7) is 0. The molecule has 0 aliphatic rings. The van der Waals surface area contributed by atoms with Crippen molar-refractivity contribution in [2.45, 2.75) is 6.42 Å². The van der Waals surface area contributed by atoms with Crippen LogP contribution in [0, 0.1) is 11.3 Å². The number of hydrogen-bond acceptors (Lipinski definition) is 2. The molecule has 2 N–H and O–H groups in total. The van der Waals surface area contributed by atoms with Crippen LogP contribution in [-0.4, -0.2) is 4.57 Å². The molecule has 80 valence electrons. The standard InChI is InChI=1S/C13H13N3/c1-16-11(9-14)8-12(15)13(16)7-10-5-3-2-4-6-10/h2-6,8H,7,15H2,1H3. The Labute approximate surface area is 94.7 Å². The molecule has 0 spiro atoms. The third kappa shape index (κ3) is 1.78. The number of benzene rings is 1. The summed E-state index contributed by atoms with van der Waals surface area (Å²) in [5.74, 6) is 0. The van der Waals surface area contributed by atoms with Crippen molar-refractivity contribution < 1.29 is 0 Å². The third-order valence-electron chi connectivity index (χ3n) is 2.72. The van der Waals surface area contributed by atoms with Crippen molar-refractivity contribution in [2.24, 2.45) is 7.05 Å². The highest BCUT2D eigenvalue weighted by Gasteiger charge is 2.09. The predicted octanol–water partition coefficient (Wildman–Crippen LogP) is 2.07. The van der Waals surface area contributed by atoms with Gasteiger partial charge in [-0.05, 0) is 11.6 Å². The summed E-state index contributed by atoms with van der Waals surface area (Å²) in [6.07, 6.45) is 0.755. The van der Waals surface area contributed by atoms with E-state index in [-0.39, 0.29) is 0 Å². The Hall–Kier alpha value is -2.21. The normalized spacial score (nSPS) is 10.0. The highest BCUT2D eigenvalue weighted by Crippen LogP contribution is 2.19. The largest absolute Gasteiger partial charge is 0.397 e. The highest BCUT2D eigenvalue weighted by atomic mass is 15.0. The second-order valence-corrected chi connectivity index (χ2v) is 3.76. The predicted molar refractivity (Wildman–Crippen MR) is 63.8 cm³/mol. The SMILES string of the molecule is Cn1c(C#N)cc(N)c1Cc1ccccc1. The molecule has 3 heteroatoms. The van der Waals surface area contributed by atoms with Crippen molar-refractivity contribution in [3.05, 3.63) is 53.3 Å². The lowest BCUT2D eigenvalue weighted by Crippen LogP contribution is -2.02. The summed E-state index contributed by atoms with van der Waals surface area (Å²) >= 11 is 0. The van der Waals surface area contributed by atoms with Crippen molar-refractivity contribution in [3.63, 3.8) is 0 Å². The Kier molecular flexibility index (Phi) is 2.65. The summed E-state index contributed by atoms with van der Waals surface area (Å²) < 4.78 is 1.85. The van der Waals surface area contributed by atoms with Crippen LogP contribution in [0.2, 0.25) is 0 Å². The van der Waals surface area contributed by atoms with E-state index in [2.05, 4.69) is 18.2 Å². The van der Waals surface area contributed by atoms with Crippen LogP contribution in [0.3, 0.4) is 0 Å². The molecule has 16 heavy (non-hydrogen) atoms. The molecule has 1 aromatic heterocycles. The van der Waals surface area contributed by atoms with E-state index >= 15 is 0 Å². The molecule has 0 radical (unpaired) electrons. The van der Waals surface area contributed by atoms with E-state index < -0.39 is 0 Å². The Morgan fingerprint density at radius 1 is 1.31 bits per heavy atom. The second-order valence-electron chi connectivity index (χ2n) is 3.76. The minimum atomic E-state index is 0.600.